The average molecular weight is 843 g/mol. The van der Waals surface area contributed by atoms with Crippen LogP contribution in [-0.2, 0) is 15.9 Å². The molecule has 0 spiro atoms. The van der Waals surface area contributed by atoms with E-state index in [1.165, 1.54) is 0 Å². The molecule has 8 heteroatoms. The molecule has 1 heterocycles. The highest BCUT2D eigenvalue weighted by molar-refractivity contribution is 14.1. The van der Waals surface area contributed by atoms with Crippen LogP contribution in [0, 0.1) is 0 Å². The minimum atomic E-state index is -0.302. The van der Waals surface area contributed by atoms with Gasteiger partial charge in [0, 0.05) is 9.45 Å². The van der Waals surface area contributed by atoms with Crippen LogP contribution in [0.25, 0.3) is 0 Å². The van der Waals surface area contributed by atoms with Gasteiger partial charge in [-0.1, -0.05) is 122 Å². The van der Waals surface area contributed by atoms with Crippen molar-refractivity contribution >= 4 is 85.3 Å². The summed E-state index contributed by atoms with van der Waals surface area (Å²) in [5.41, 5.74) is 3.78. The number of carbonyl (C=O) groups is 1. The van der Waals surface area contributed by atoms with Gasteiger partial charge in [0.2, 0.25) is 0 Å². The Hall–Kier alpha value is -0.630. The molecule has 0 aromatic heterocycles. The molecule has 3 aromatic carbocycles. The highest BCUT2D eigenvalue weighted by Gasteiger charge is 2.46. The van der Waals surface area contributed by atoms with Crippen LogP contribution in [0.4, 0.5) is 0 Å². The first-order valence-corrected chi connectivity index (χ1v) is 16.1. The van der Waals surface area contributed by atoms with Crippen molar-refractivity contribution < 1.29 is 19.0 Å². The Kier molecular flexibility index (Phi) is 10.6. The molecule has 36 heavy (non-hydrogen) atoms. The number of carbonyl (C=O) groups excluding carboxylic acids is 1. The molecule has 0 aliphatic carbocycles. The van der Waals surface area contributed by atoms with Crippen molar-refractivity contribution in [2.45, 2.75) is 39.5 Å². The van der Waals surface area contributed by atoms with E-state index in [0.29, 0.717) is 18.6 Å². The summed E-state index contributed by atoms with van der Waals surface area (Å²) in [5.74, 6) is 0.558. The number of rotatable bonds is 8. The Morgan fingerprint density at radius 3 is 2.39 bits per heavy atom. The number of esters is 1. The smallest absolute Gasteiger partial charge is 0.338 e. The van der Waals surface area contributed by atoms with E-state index in [4.69, 9.17) is 25.8 Å². The molecule has 0 amide bonds. The first-order chi connectivity index (χ1) is 17.4. The average Bonchev–Trinajstić information content (AvgIpc) is 2.90. The van der Waals surface area contributed by atoms with Gasteiger partial charge in [0.15, 0.2) is 0 Å². The molecular formula is C28H26ClI3O4. The predicted octanol–water partition coefficient (Wildman–Crippen LogP) is 8.04. The van der Waals surface area contributed by atoms with Gasteiger partial charge < -0.3 is 14.2 Å². The molecule has 1 fully saturated rings. The summed E-state index contributed by atoms with van der Waals surface area (Å²) in [5, 5.41) is 0.720. The Morgan fingerprint density at radius 1 is 1.00 bits per heavy atom. The van der Waals surface area contributed by atoms with E-state index in [0.717, 1.165) is 31.9 Å². The monoisotopic (exact) mass is 842 g/mol. The quantitative estimate of drug-likeness (QED) is 0.131. The van der Waals surface area contributed by atoms with E-state index >= 15 is 0 Å². The van der Waals surface area contributed by atoms with E-state index in [1.54, 1.807) is 12.1 Å². The summed E-state index contributed by atoms with van der Waals surface area (Å²) < 4.78 is 19.0. The molecule has 0 bridgehead atoms. The SMILES string of the molecule is CCOc1ccc(Cc2cc(C3OC(CI)C(I)C(OC(=O)c4ccccc4)C3I)ccc2Cl)cc1. The number of alkyl halides is 3. The van der Waals surface area contributed by atoms with Crippen LogP contribution in [0.2, 0.25) is 5.02 Å². The van der Waals surface area contributed by atoms with Crippen molar-refractivity contribution in [1.29, 1.82) is 0 Å². The van der Waals surface area contributed by atoms with Gasteiger partial charge in [-0.3, -0.25) is 0 Å². The predicted molar refractivity (Wildman–Crippen MR) is 170 cm³/mol. The standard InChI is InChI=1S/C28H26ClI3O4/c1-2-34-21-11-8-17(9-12-21)14-20-15-19(10-13-22(20)29)26-25(32)27(24(31)23(16-30)35-26)36-28(33)18-6-4-3-5-7-18/h3-13,15,23-27H,2,14,16H2,1H3. The summed E-state index contributed by atoms with van der Waals surface area (Å²) in [4.78, 5) is 12.9. The van der Waals surface area contributed by atoms with E-state index in [2.05, 4.69) is 86.0 Å². The third-order valence-electron chi connectivity index (χ3n) is 6.03. The second-order valence-corrected chi connectivity index (χ2v) is 12.6. The van der Waals surface area contributed by atoms with Crippen LogP contribution in [0.3, 0.4) is 0 Å². The Labute approximate surface area is 258 Å². The van der Waals surface area contributed by atoms with Gasteiger partial charge in [0.05, 0.1) is 32.2 Å². The zero-order valence-corrected chi connectivity index (χ0v) is 26.8. The molecule has 5 unspecified atom stereocenters. The number of ether oxygens (including phenoxy) is 3. The van der Waals surface area contributed by atoms with Crippen molar-refractivity contribution in [2.75, 3.05) is 11.0 Å². The van der Waals surface area contributed by atoms with Gasteiger partial charge in [0.1, 0.15) is 11.9 Å². The van der Waals surface area contributed by atoms with E-state index in [1.807, 2.05) is 49.4 Å². The maximum atomic E-state index is 12.9. The molecule has 0 radical (unpaired) electrons. The van der Waals surface area contributed by atoms with Crippen molar-refractivity contribution in [3.05, 3.63) is 100 Å². The van der Waals surface area contributed by atoms with E-state index < -0.39 is 0 Å². The third-order valence-corrected chi connectivity index (χ3v) is 10.1. The number of hydrogen-bond acceptors (Lipinski definition) is 4. The Balaban J connectivity index is 1.57. The fourth-order valence-corrected chi connectivity index (χ4v) is 9.08. The molecule has 3 aromatic rings. The minimum Gasteiger partial charge on any atom is -0.494 e. The second-order valence-electron chi connectivity index (χ2n) is 8.48. The summed E-state index contributed by atoms with van der Waals surface area (Å²) in [7, 11) is 0. The maximum absolute atomic E-state index is 12.9. The van der Waals surface area contributed by atoms with Gasteiger partial charge >= 0.3 is 5.97 Å². The van der Waals surface area contributed by atoms with Crippen molar-refractivity contribution in [1.82, 2.24) is 0 Å². The van der Waals surface area contributed by atoms with Crippen molar-refractivity contribution in [3.8, 4) is 5.75 Å². The zero-order chi connectivity index (χ0) is 25.7. The number of hydrogen-bond donors (Lipinski definition) is 0. The van der Waals surface area contributed by atoms with Crippen LogP contribution < -0.4 is 4.74 Å². The first-order valence-electron chi connectivity index (χ1n) is 11.7. The summed E-state index contributed by atoms with van der Waals surface area (Å²) in [6.07, 6.45) is 0.152. The van der Waals surface area contributed by atoms with Crippen molar-refractivity contribution in [2.24, 2.45) is 0 Å². The van der Waals surface area contributed by atoms with Crippen LogP contribution in [0.5, 0.6) is 5.75 Å². The normalized spacial score (nSPS) is 23.8. The molecule has 1 aliphatic heterocycles. The topological polar surface area (TPSA) is 44.8 Å². The molecule has 4 nitrogen and oxygen atoms in total. The third kappa shape index (κ3) is 6.86. The highest BCUT2D eigenvalue weighted by atomic mass is 127. The molecular weight excluding hydrogens is 816 g/mol. The lowest BCUT2D eigenvalue weighted by Gasteiger charge is -2.42. The molecule has 1 aliphatic rings. The van der Waals surface area contributed by atoms with Gasteiger partial charge in [-0.2, -0.15) is 0 Å². The Morgan fingerprint density at radius 2 is 1.72 bits per heavy atom. The molecule has 5 atom stereocenters. The molecule has 0 saturated carbocycles. The fourth-order valence-electron chi connectivity index (χ4n) is 4.17. The largest absolute Gasteiger partial charge is 0.494 e. The van der Waals surface area contributed by atoms with Crippen LogP contribution in [0.15, 0.2) is 72.8 Å². The van der Waals surface area contributed by atoms with Crippen LogP contribution >= 0.6 is 79.4 Å². The van der Waals surface area contributed by atoms with Gasteiger partial charge in [0.25, 0.3) is 0 Å². The van der Waals surface area contributed by atoms with E-state index in [9.17, 15) is 4.79 Å². The number of halogens is 4. The molecule has 0 N–H and O–H groups in total. The van der Waals surface area contributed by atoms with Crippen molar-refractivity contribution in [3.63, 3.8) is 0 Å². The van der Waals surface area contributed by atoms with Crippen LogP contribution in [0.1, 0.15) is 40.1 Å². The first kappa shape index (κ1) is 28.4. The lowest BCUT2D eigenvalue weighted by Crippen LogP contribution is -2.51. The summed E-state index contributed by atoms with van der Waals surface area (Å²) in [6, 6.07) is 23.3. The fraction of sp³-hybridized carbons (Fsp3) is 0.321. The zero-order valence-electron chi connectivity index (χ0n) is 19.6. The summed E-state index contributed by atoms with van der Waals surface area (Å²) >= 11 is 13.7. The van der Waals surface area contributed by atoms with Crippen LogP contribution in [-0.4, -0.2) is 37.1 Å². The lowest BCUT2D eigenvalue weighted by atomic mass is 9.94. The van der Waals surface area contributed by atoms with Gasteiger partial charge in [-0.05, 0) is 60.4 Å². The number of benzene rings is 3. The maximum Gasteiger partial charge on any atom is 0.338 e. The lowest BCUT2D eigenvalue weighted by molar-refractivity contribution is -0.0744. The van der Waals surface area contributed by atoms with Gasteiger partial charge in [-0.15, -0.1) is 0 Å². The Bertz CT molecular complexity index is 1160. The molecule has 1 saturated heterocycles. The molecule has 4 rings (SSSR count). The highest BCUT2D eigenvalue weighted by Crippen LogP contribution is 2.42. The summed E-state index contributed by atoms with van der Waals surface area (Å²) in [6.45, 7) is 2.62. The minimum absolute atomic E-state index is 0.0407. The molecule has 190 valence electrons. The van der Waals surface area contributed by atoms with Gasteiger partial charge in [-0.25, -0.2) is 4.79 Å². The van der Waals surface area contributed by atoms with E-state index in [-0.39, 0.29) is 32.1 Å². The second kappa shape index (κ2) is 13.4.